The second-order valence-corrected chi connectivity index (χ2v) is 6.64. The lowest BCUT2D eigenvalue weighted by atomic mass is 9.75. The fourth-order valence-electron chi connectivity index (χ4n) is 2.68. The molecule has 0 aromatic rings. The van der Waals surface area contributed by atoms with Crippen molar-refractivity contribution in [2.75, 3.05) is 13.6 Å². The Balaban J connectivity index is 2.41. The maximum Gasteiger partial charge on any atom is 0.317 e. The minimum absolute atomic E-state index is 0.158. The van der Waals surface area contributed by atoms with Gasteiger partial charge in [0, 0.05) is 19.6 Å². The molecule has 0 spiro atoms. The monoisotopic (exact) mass is 284 g/mol. The predicted octanol–water partition coefficient (Wildman–Crippen LogP) is 2.71. The summed E-state index contributed by atoms with van der Waals surface area (Å²) in [5, 5.41) is 11.7. The number of hydrogen-bond acceptors (Lipinski definition) is 2. The molecule has 1 saturated carbocycles. The highest BCUT2D eigenvalue weighted by Gasteiger charge is 2.30. The molecule has 0 aromatic carbocycles. The molecular weight excluding hydrogens is 256 g/mol. The van der Waals surface area contributed by atoms with Crippen LogP contribution in [0.15, 0.2) is 0 Å². The topological polar surface area (TPSA) is 69.6 Å². The van der Waals surface area contributed by atoms with Gasteiger partial charge in [-0.2, -0.15) is 0 Å². The van der Waals surface area contributed by atoms with Crippen LogP contribution in [0.3, 0.4) is 0 Å². The van der Waals surface area contributed by atoms with Crippen molar-refractivity contribution in [3.8, 4) is 0 Å². The summed E-state index contributed by atoms with van der Waals surface area (Å²) in [6.45, 7) is 6.55. The molecule has 1 aliphatic carbocycles. The van der Waals surface area contributed by atoms with E-state index in [1.807, 2.05) is 6.92 Å². The van der Waals surface area contributed by atoms with E-state index in [2.05, 4.69) is 19.2 Å². The normalized spacial score (nSPS) is 20.2. The summed E-state index contributed by atoms with van der Waals surface area (Å²) in [4.78, 5) is 24.7. The van der Waals surface area contributed by atoms with Gasteiger partial charge in [-0.1, -0.05) is 20.8 Å². The third-order valence-electron chi connectivity index (χ3n) is 4.52. The van der Waals surface area contributed by atoms with Crippen molar-refractivity contribution in [1.82, 2.24) is 10.2 Å². The first-order chi connectivity index (χ1) is 9.26. The number of carbonyl (C=O) groups excluding carboxylic acids is 1. The second-order valence-electron chi connectivity index (χ2n) is 6.64. The lowest BCUT2D eigenvalue weighted by Crippen LogP contribution is -2.47. The van der Waals surface area contributed by atoms with E-state index in [4.69, 9.17) is 5.11 Å². The summed E-state index contributed by atoms with van der Waals surface area (Å²) >= 11 is 0. The predicted molar refractivity (Wildman–Crippen MR) is 78.6 cm³/mol. The molecule has 1 atom stereocenters. The quantitative estimate of drug-likeness (QED) is 0.815. The number of amides is 2. The largest absolute Gasteiger partial charge is 0.481 e. The number of carbonyl (C=O) groups is 2. The zero-order chi connectivity index (χ0) is 15.3. The summed E-state index contributed by atoms with van der Waals surface area (Å²) in [5.74, 6) is -1.35. The molecule has 0 aromatic heterocycles. The van der Waals surface area contributed by atoms with Crippen LogP contribution in [0.1, 0.15) is 52.9 Å². The average Bonchev–Trinajstić information content (AvgIpc) is 2.38. The van der Waals surface area contributed by atoms with Gasteiger partial charge in [-0.3, -0.25) is 4.79 Å². The van der Waals surface area contributed by atoms with Crippen molar-refractivity contribution in [3.05, 3.63) is 0 Å². The van der Waals surface area contributed by atoms with E-state index in [1.165, 1.54) is 0 Å². The van der Waals surface area contributed by atoms with Gasteiger partial charge in [0.25, 0.3) is 0 Å². The second kappa shape index (κ2) is 6.95. The number of rotatable bonds is 5. The molecule has 0 aliphatic heterocycles. The summed E-state index contributed by atoms with van der Waals surface area (Å²) < 4.78 is 0. The van der Waals surface area contributed by atoms with E-state index in [0.29, 0.717) is 11.8 Å². The number of carboxylic acid groups (broad SMARTS) is 1. The maximum atomic E-state index is 12.1. The number of aliphatic carboxylic acids is 1. The van der Waals surface area contributed by atoms with Gasteiger partial charge in [0.15, 0.2) is 0 Å². The van der Waals surface area contributed by atoms with Crippen LogP contribution in [0.2, 0.25) is 0 Å². The van der Waals surface area contributed by atoms with Crippen LogP contribution in [-0.4, -0.2) is 41.6 Å². The molecule has 0 heterocycles. The van der Waals surface area contributed by atoms with Gasteiger partial charge in [-0.25, -0.2) is 4.79 Å². The van der Waals surface area contributed by atoms with Crippen molar-refractivity contribution in [2.45, 2.75) is 58.9 Å². The van der Waals surface area contributed by atoms with E-state index in [0.717, 1.165) is 25.7 Å². The van der Waals surface area contributed by atoms with Crippen molar-refractivity contribution < 1.29 is 14.7 Å². The van der Waals surface area contributed by atoms with Crippen LogP contribution in [0, 0.1) is 11.3 Å². The van der Waals surface area contributed by atoms with Crippen LogP contribution in [0.25, 0.3) is 0 Å². The Bertz CT molecular complexity index is 345. The molecule has 116 valence electrons. The summed E-state index contributed by atoms with van der Waals surface area (Å²) in [5.41, 5.74) is 0.379. The maximum absolute atomic E-state index is 12.1. The minimum atomic E-state index is -0.852. The molecule has 2 N–H and O–H groups in total. The lowest BCUT2D eigenvalue weighted by Gasteiger charge is -2.38. The van der Waals surface area contributed by atoms with E-state index >= 15 is 0 Å². The molecule has 0 saturated heterocycles. The third kappa shape index (κ3) is 4.69. The van der Waals surface area contributed by atoms with Crippen LogP contribution < -0.4 is 5.32 Å². The number of carboxylic acids is 1. The first-order valence-corrected chi connectivity index (χ1v) is 7.50. The van der Waals surface area contributed by atoms with Gasteiger partial charge in [-0.05, 0) is 37.5 Å². The number of hydrogen-bond donors (Lipinski definition) is 2. The van der Waals surface area contributed by atoms with E-state index in [9.17, 15) is 9.59 Å². The molecule has 1 aliphatic rings. The van der Waals surface area contributed by atoms with Gasteiger partial charge in [0.2, 0.25) is 0 Å². The van der Waals surface area contributed by atoms with E-state index in [1.54, 1.807) is 11.9 Å². The van der Waals surface area contributed by atoms with Gasteiger partial charge in [-0.15, -0.1) is 0 Å². The SMILES string of the molecule is CCC(CNC(=O)N(C)C1CCC(C)(C)CC1)C(=O)O. The van der Waals surface area contributed by atoms with Crippen LogP contribution in [-0.2, 0) is 4.79 Å². The van der Waals surface area contributed by atoms with Gasteiger partial charge in [0.1, 0.15) is 0 Å². The van der Waals surface area contributed by atoms with E-state index in [-0.39, 0.29) is 18.6 Å². The van der Waals surface area contributed by atoms with Crippen molar-refractivity contribution in [1.29, 1.82) is 0 Å². The highest BCUT2D eigenvalue weighted by Crippen LogP contribution is 2.36. The molecule has 2 amide bonds. The lowest BCUT2D eigenvalue weighted by molar-refractivity contribution is -0.141. The molecule has 5 heteroatoms. The third-order valence-corrected chi connectivity index (χ3v) is 4.52. The van der Waals surface area contributed by atoms with E-state index < -0.39 is 11.9 Å². The Morgan fingerprint density at radius 3 is 2.35 bits per heavy atom. The Morgan fingerprint density at radius 1 is 1.35 bits per heavy atom. The average molecular weight is 284 g/mol. The summed E-state index contributed by atoms with van der Waals surface area (Å²) in [7, 11) is 1.81. The Morgan fingerprint density at radius 2 is 1.90 bits per heavy atom. The van der Waals surface area contributed by atoms with Crippen LogP contribution in [0.4, 0.5) is 4.79 Å². The first kappa shape index (κ1) is 16.8. The van der Waals surface area contributed by atoms with Crippen molar-refractivity contribution in [2.24, 2.45) is 11.3 Å². The molecule has 0 bridgehead atoms. The fourth-order valence-corrected chi connectivity index (χ4v) is 2.68. The smallest absolute Gasteiger partial charge is 0.317 e. The molecule has 1 fully saturated rings. The minimum Gasteiger partial charge on any atom is -0.481 e. The molecule has 1 unspecified atom stereocenters. The molecular formula is C15H28N2O3. The number of urea groups is 1. The zero-order valence-corrected chi connectivity index (χ0v) is 13.1. The summed E-state index contributed by atoms with van der Waals surface area (Å²) in [6, 6.07) is 0.113. The van der Waals surface area contributed by atoms with Crippen molar-refractivity contribution in [3.63, 3.8) is 0 Å². The Kier molecular flexibility index (Phi) is 5.84. The number of nitrogens with zero attached hydrogens (tertiary/aromatic N) is 1. The molecule has 5 nitrogen and oxygen atoms in total. The number of nitrogens with one attached hydrogen (secondary N) is 1. The first-order valence-electron chi connectivity index (χ1n) is 7.50. The van der Waals surface area contributed by atoms with Crippen molar-refractivity contribution >= 4 is 12.0 Å². The van der Waals surface area contributed by atoms with Gasteiger partial charge >= 0.3 is 12.0 Å². The van der Waals surface area contributed by atoms with Gasteiger partial charge in [0.05, 0.1) is 5.92 Å². The summed E-state index contributed by atoms with van der Waals surface area (Å²) in [6.07, 6.45) is 4.82. The molecule has 0 radical (unpaired) electrons. The molecule has 1 rings (SSSR count). The highest BCUT2D eigenvalue weighted by molar-refractivity contribution is 5.76. The fraction of sp³-hybridized carbons (Fsp3) is 0.867. The Labute approximate surface area is 121 Å². The van der Waals surface area contributed by atoms with Crippen LogP contribution in [0.5, 0.6) is 0 Å². The van der Waals surface area contributed by atoms with Crippen LogP contribution >= 0.6 is 0 Å². The highest BCUT2D eigenvalue weighted by atomic mass is 16.4. The zero-order valence-electron chi connectivity index (χ0n) is 13.1. The molecule has 20 heavy (non-hydrogen) atoms. The standard InChI is InChI=1S/C15H28N2O3/c1-5-11(13(18)19)10-16-14(20)17(4)12-6-8-15(2,3)9-7-12/h11-12H,5-10H2,1-4H3,(H,16,20)(H,18,19). The van der Waals surface area contributed by atoms with Gasteiger partial charge < -0.3 is 15.3 Å². The Hall–Kier alpha value is -1.26.